The number of nitrogens with two attached hydrogens (primary N) is 1. The monoisotopic (exact) mass is 167 g/mol. The highest BCUT2D eigenvalue weighted by Crippen LogP contribution is 2.01. The van der Waals surface area contributed by atoms with Gasteiger partial charge in [0.25, 0.3) is 0 Å². The van der Waals surface area contributed by atoms with Gasteiger partial charge in [-0.3, -0.25) is 4.79 Å². The number of carboxylic acids is 1. The molecule has 0 amide bonds. The molecule has 1 aromatic rings. The van der Waals surface area contributed by atoms with Crippen LogP contribution >= 0.6 is 0 Å². The highest BCUT2D eigenvalue weighted by Gasteiger charge is 2.10. The van der Waals surface area contributed by atoms with E-state index in [1.54, 1.807) is 18.2 Å². The number of carbonyl (C=O) groups is 1. The molecule has 1 rings (SSSR count). The summed E-state index contributed by atoms with van der Waals surface area (Å²) in [7, 11) is 0. The van der Waals surface area contributed by atoms with Crippen LogP contribution in [0.4, 0.5) is 0 Å². The summed E-state index contributed by atoms with van der Waals surface area (Å²) in [4.78, 5) is 10.6. The zero-order valence-corrected chi connectivity index (χ0v) is 6.40. The highest BCUT2D eigenvalue weighted by molar-refractivity contribution is 5.73. The van der Waals surface area contributed by atoms with Gasteiger partial charge in [-0.25, -0.2) is 0 Å². The Morgan fingerprint density at radius 1 is 1.58 bits per heavy atom. The van der Waals surface area contributed by atoms with Crippen LogP contribution in [0, 0.1) is 0 Å². The van der Waals surface area contributed by atoms with E-state index < -0.39 is 18.4 Å². The minimum Gasteiger partial charge on any atom is -0.480 e. The van der Waals surface area contributed by atoms with Gasteiger partial charge in [-0.2, -0.15) is 0 Å². The maximum Gasteiger partial charge on any atom is 0.320 e. The second kappa shape index (κ2) is 3.88. The largest absolute Gasteiger partial charge is 0.480 e. The summed E-state index contributed by atoms with van der Waals surface area (Å²) in [6, 6.07) is 6.49. The van der Waals surface area contributed by atoms with Crippen LogP contribution in [-0.2, 0) is 11.2 Å². The zero-order chi connectivity index (χ0) is 10.8. The minimum atomic E-state index is -2.05. The van der Waals surface area contributed by atoms with Gasteiger partial charge in [-0.15, -0.1) is 0 Å². The number of rotatable bonds is 3. The molecular weight excluding hydrogens is 154 g/mol. The maximum absolute atomic E-state index is 10.6. The Bertz CT molecular complexity index is 327. The quantitative estimate of drug-likeness (QED) is 0.694. The molecule has 64 valence electrons. The van der Waals surface area contributed by atoms with Gasteiger partial charge in [0.2, 0.25) is 0 Å². The lowest BCUT2D eigenvalue weighted by atomic mass is 10.1. The van der Waals surface area contributed by atoms with Crippen molar-refractivity contribution in [2.24, 2.45) is 5.73 Å². The van der Waals surface area contributed by atoms with Crippen LogP contribution in [0.25, 0.3) is 0 Å². The molecule has 0 aliphatic carbocycles. The van der Waals surface area contributed by atoms with Crippen molar-refractivity contribution in [3.05, 3.63) is 35.9 Å². The molecule has 0 spiro atoms. The molecule has 1 atom stereocenters. The second-order valence-corrected chi connectivity index (χ2v) is 2.33. The van der Waals surface area contributed by atoms with Gasteiger partial charge in [0.05, 0.1) is 0 Å². The predicted molar refractivity (Wildman–Crippen MR) is 45.8 cm³/mol. The van der Waals surface area contributed by atoms with E-state index in [0.717, 1.165) is 0 Å². The number of hydrogen-bond acceptors (Lipinski definition) is 2. The van der Waals surface area contributed by atoms with Gasteiger partial charge >= 0.3 is 5.97 Å². The summed E-state index contributed by atoms with van der Waals surface area (Å²) in [5.74, 6) is -1.35. The Morgan fingerprint density at radius 2 is 2.17 bits per heavy atom. The SMILES string of the molecule is [2H]C([2H])(c1ccccc1)[C@@H](N)C(=O)O. The van der Waals surface area contributed by atoms with Crippen LogP contribution in [-0.4, -0.2) is 17.1 Å². The Hall–Kier alpha value is -1.35. The van der Waals surface area contributed by atoms with Crippen molar-refractivity contribution in [1.29, 1.82) is 0 Å². The van der Waals surface area contributed by atoms with Gasteiger partial charge in [-0.1, -0.05) is 30.3 Å². The summed E-state index contributed by atoms with van der Waals surface area (Å²) in [5, 5.41) is 8.61. The van der Waals surface area contributed by atoms with E-state index in [9.17, 15) is 4.79 Å². The number of aliphatic carboxylic acids is 1. The van der Waals surface area contributed by atoms with Gasteiger partial charge < -0.3 is 10.8 Å². The average Bonchev–Trinajstić information content (AvgIpc) is 2.18. The third-order valence-electron chi connectivity index (χ3n) is 1.36. The topological polar surface area (TPSA) is 63.3 Å². The van der Waals surface area contributed by atoms with E-state index in [4.69, 9.17) is 13.6 Å². The molecule has 0 heterocycles. The molecule has 3 nitrogen and oxygen atoms in total. The fourth-order valence-corrected chi connectivity index (χ4v) is 0.776. The molecule has 3 N–H and O–H groups in total. The van der Waals surface area contributed by atoms with Gasteiger partial charge in [0.1, 0.15) is 6.04 Å². The van der Waals surface area contributed by atoms with Gasteiger partial charge in [0.15, 0.2) is 0 Å². The van der Waals surface area contributed by atoms with Crippen molar-refractivity contribution in [2.75, 3.05) is 0 Å². The van der Waals surface area contributed by atoms with E-state index in [1.807, 2.05) is 0 Å². The Labute approximate surface area is 73.6 Å². The van der Waals surface area contributed by atoms with Crippen molar-refractivity contribution in [3.8, 4) is 0 Å². The number of benzene rings is 1. The molecule has 3 heteroatoms. The van der Waals surface area contributed by atoms with Crippen LogP contribution in [0.15, 0.2) is 30.3 Å². The first-order valence-electron chi connectivity index (χ1n) is 4.50. The fraction of sp³-hybridized carbons (Fsp3) is 0.222. The molecular formula is C9H11NO2. The van der Waals surface area contributed by atoms with Crippen LogP contribution in [0.5, 0.6) is 0 Å². The van der Waals surface area contributed by atoms with Crippen molar-refractivity contribution < 1.29 is 12.6 Å². The molecule has 0 fully saturated rings. The minimum absolute atomic E-state index is 0.273. The predicted octanol–water partition coefficient (Wildman–Crippen LogP) is 0.641. The molecule has 12 heavy (non-hydrogen) atoms. The van der Waals surface area contributed by atoms with Crippen molar-refractivity contribution in [1.82, 2.24) is 0 Å². The lowest BCUT2D eigenvalue weighted by Gasteiger charge is -2.04. The summed E-state index contributed by atoms with van der Waals surface area (Å²) in [5.41, 5.74) is 5.52. The summed E-state index contributed by atoms with van der Waals surface area (Å²) >= 11 is 0. The molecule has 1 aromatic carbocycles. The van der Waals surface area contributed by atoms with E-state index >= 15 is 0 Å². The van der Waals surface area contributed by atoms with E-state index in [1.165, 1.54) is 12.1 Å². The van der Waals surface area contributed by atoms with Gasteiger partial charge in [-0.05, 0) is 11.9 Å². The van der Waals surface area contributed by atoms with Crippen LogP contribution < -0.4 is 5.73 Å². The maximum atomic E-state index is 10.6. The first-order valence-corrected chi connectivity index (χ1v) is 3.50. The van der Waals surface area contributed by atoms with Gasteiger partial charge in [0, 0.05) is 2.74 Å². The third-order valence-corrected chi connectivity index (χ3v) is 1.36. The Morgan fingerprint density at radius 3 is 2.67 bits per heavy atom. The lowest BCUT2D eigenvalue weighted by molar-refractivity contribution is -0.138. The van der Waals surface area contributed by atoms with Crippen molar-refractivity contribution in [2.45, 2.75) is 12.4 Å². The van der Waals surface area contributed by atoms with E-state index in [-0.39, 0.29) is 5.56 Å². The van der Waals surface area contributed by atoms with E-state index in [2.05, 4.69) is 0 Å². The molecule has 0 saturated heterocycles. The van der Waals surface area contributed by atoms with Crippen molar-refractivity contribution in [3.63, 3.8) is 0 Å². The Kier molecular flexibility index (Phi) is 2.00. The van der Waals surface area contributed by atoms with Crippen molar-refractivity contribution >= 4 is 5.97 Å². The summed E-state index contributed by atoms with van der Waals surface area (Å²) in [6.07, 6.45) is -2.05. The molecule has 0 bridgehead atoms. The van der Waals surface area contributed by atoms with Crippen LogP contribution in [0.3, 0.4) is 0 Å². The van der Waals surface area contributed by atoms with E-state index in [0.29, 0.717) is 0 Å². The first kappa shape index (κ1) is 6.20. The molecule has 0 aromatic heterocycles. The smallest absolute Gasteiger partial charge is 0.320 e. The average molecular weight is 167 g/mol. The molecule has 0 unspecified atom stereocenters. The molecule has 0 aliphatic rings. The van der Waals surface area contributed by atoms with Crippen LogP contribution in [0.1, 0.15) is 8.30 Å². The first-order chi connectivity index (χ1) is 6.46. The number of hydrogen-bond donors (Lipinski definition) is 2. The second-order valence-electron chi connectivity index (χ2n) is 2.33. The summed E-state index contributed by atoms with van der Waals surface area (Å²) < 4.78 is 15.1. The highest BCUT2D eigenvalue weighted by atomic mass is 16.4. The normalized spacial score (nSPS) is 16.1. The third kappa shape index (κ3) is 2.36. The lowest BCUT2D eigenvalue weighted by Crippen LogP contribution is -2.32. The Balaban J connectivity index is 3.02. The summed E-state index contributed by atoms with van der Waals surface area (Å²) in [6.45, 7) is 0. The standard InChI is InChI=1S/C9H11NO2/c10-8(9(11)12)6-7-4-2-1-3-5-7/h1-5,8H,6,10H2,(H,11,12)/t8-/m1/s1/i6D2. The molecule has 0 aliphatic heterocycles. The molecule has 0 saturated carbocycles. The zero-order valence-electron chi connectivity index (χ0n) is 8.40. The fourth-order valence-electron chi connectivity index (χ4n) is 0.776. The number of carboxylic acid groups (broad SMARTS) is 1. The van der Waals surface area contributed by atoms with Crippen LogP contribution in [0.2, 0.25) is 0 Å². The molecule has 0 radical (unpaired) electrons.